The number of pyridine rings is 1. The summed E-state index contributed by atoms with van der Waals surface area (Å²) in [6.45, 7) is 0.565. The number of anilines is 1. The van der Waals surface area contributed by atoms with Gasteiger partial charge in [0.2, 0.25) is 5.91 Å². The quantitative estimate of drug-likeness (QED) is 0.862. The number of carboxylic acid groups (broad SMARTS) is 1. The number of hydrogen-bond donors (Lipinski definition) is 2. The second-order valence-corrected chi connectivity index (χ2v) is 5.94. The first-order valence-electron chi connectivity index (χ1n) is 7.29. The van der Waals surface area contributed by atoms with Gasteiger partial charge < -0.3 is 15.7 Å². The third kappa shape index (κ3) is 2.57. The number of rotatable bonds is 3. The van der Waals surface area contributed by atoms with Crippen molar-refractivity contribution in [3.05, 3.63) is 24.0 Å². The van der Waals surface area contributed by atoms with Crippen molar-refractivity contribution in [3.8, 4) is 0 Å². The molecule has 0 bridgehead atoms. The van der Waals surface area contributed by atoms with Crippen LogP contribution in [-0.2, 0) is 16.0 Å². The van der Waals surface area contributed by atoms with Gasteiger partial charge in [0.15, 0.2) is 0 Å². The van der Waals surface area contributed by atoms with Crippen LogP contribution >= 0.6 is 0 Å². The molecule has 2 aliphatic rings. The highest BCUT2D eigenvalue weighted by molar-refractivity contribution is 5.85. The zero-order valence-electron chi connectivity index (χ0n) is 11.7. The van der Waals surface area contributed by atoms with Gasteiger partial charge in [-0.05, 0) is 36.8 Å². The average Bonchev–Trinajstić information content (AvgIpc) is 3.00. The molecule has 0 spiro atoms. The lowest BCUT2D eigenvalue weighted by Gasteiger charge is -2.24. The molecule has 0 aromatic carbocycles. The Morgan fingerprint density at radius 2 is 2.19 bits per heavy atom. The van der Waals surface area contributed by atoms with Gasteiger partial charge in [-0.1, -0.05) is 6.42 Å². The van der Waals surface area contributed by atoms with Crippen LogP contribution in [-0.4, -0.2) is 39.5 Å². The van der Waals surface area contributed by atoms with Crippen molar-refractivity contribution >= 4 is 17.6 Å². The number of fused-ring (bicyclic) bond motifs is 1. The summed E-state index contributed by atoms with van der Waals surface area (Å²) in [6.07, 6.45) is 4.64. The molecular formula is C15H19N3O3. The Morgan fingerprint density at radius 3 is 2.86 bits per heavy atom. The van der Waals surface area contributed by atoms with E-state index in [1.807, 2.05) is 0 Å². The summed E-state index contributed by atoms with van der Waals surface area (Å²) in [6, 6.07) is 2.74. The molecule has 2 fully saturated rings. The Morgan fingerprint density at radius 1 is 1.38 bits per heavy atom. The van der Waals surface area contributed by atoms with Gasteiger partial charge in [-0.25, -0.2) is 4.79 Å². The van der Waals surface area contributed by atoms with E-state index in [0.29, 0.717) is 23.8 Å². The van der Waals surface area contributed by atoms with Gasteiger partial charge in [0, 0.05) is 12.2 Å². The van der Waals surface area contributed by atoms with E-state index in [1.54, 1.807) is 12.1 Å². The molecule has 1 saturated carbocycles. The molecule has 1 aromatic heterocycles. The summed E-state index contributed by atoms with van der Waals surface area (Å²) in [7, 11) is 0. The van der Waals surface area contributed by atoms with Gasteiger partial charge in [0.05, 0.1) is 18.3 Å². The number of aliphatic carboxylic acids is 1. The number of carbonyl (C=O) groups is 2. The number of likely N-dealkylation sites (tertiary alicyclic amines) is 1. The Bertz CT molecular complexity index is 558. The lowest BCUT2D eigenvalue weighted by atomic mass is 9.94. The van der Waals surface area contributed by atoms with Crippen LogP contribution in [0.5, 0.6) is 0 Å². The van der Waals surface area contributed by atoms with Gasteiger partial charge in [-0.15, -0.1) is 0 Å². The molecule has 0 radical (unpaired) electrons. The Labute approximate surface area is 123 Å². The molecule has 1 saturated heterocycles. The minimum absolute atomic E-state index is 0.117. The van der Waals surface area contributed by atoms with Crippen molar-refractivity contribution in [1.82, 2.24) is 9.88 Å². The molecule has 21 heavy (non-hydrogen) atoms. The lowest BCUT2D eigenvalue weighted by molar-refractivity contribution is -0.149. The first-order valence-corrected chi connectivity index (χ1v) is 7.29. The van der Waals surface area contributed by atoms with Crippen LogP contribution in [0, 0.1) is 11.8 Å². The zero-order chi connectivity index (χ0) is 15.0. The molecule has 6 heteroatoms. The highest BCUT2D eigenvalue weighted by atomic mass is 16.4. The largest absolute Gasteiger partial charge is 0.480 e. The van der Waals surface area contributed by atoms with E-state index < -0.39 is 12.0 Å². The normalized spacial score (nSPS) is 27.6. The van der Waals surface area contributed by atoms with Gasteiger partial charge in [-0.2, -0.15) is 0 Å². The topological polar surface area (TPSA) is 96.5 Å². The van der Waals surface area contributed by atoms with Crippen LogP contribution in [0.2, 0.25) is 0 Å². The highest BCUT2D eigenvalue weighted by Gasteiger charge is 2.49. The fraction of sp³-hybridized carbons (Fsp3) is 0.533. The standard InChI is InChI=1S/C15H19N3O3/c16-10-4-5-11(17-7-10)6-13(19)18-8-9-2-1-3-12(9)14(18)15(20)21/h4-5,7,9,12,14H,1-3,6,8,16H2,(H,20,21). The van der Waals surface area contributed by atoms with Gasteiger partial charge in [0.1, 0.15) is 6.04 Å². The number of carboxylic acids is 1. The first kappa shape index (κ1) is 13.9. The van der Waals surface area contributed by atoms with Crippen molar-refractivity contribution in [1.29, 1.82) is 0 Å². The van der Waals surface area contributed by atoms with E-state index in [0.717, 1.165) is 19.3 Å². The van der Waals surface area contributed by atoms with Crippen LogP contribution < -0.4 is 5.73 Å². The predicted molar refractivity (Wildman–Crippen MR) is 76.3 cm³/mol. The Hall–Kier alpha value is -2.11. The second kappa shape index (κ2) is 5.35. The predicted octanol–water partition coefficient (Wildman–Crippen LogP) is 0.918. The number of carbonyl (C=O) groups excluding carboxylic acids is 1. The number of nitrogens with two attached hydrogens (primary N) is 1. The third-order valence-electron chi connectivity index (χ3n) is 4.64. The van der Waals surface area contributed by atoms with Gasteiger partial charge in [-0.3, -0.25) is 9.78 Å². The Balaban J connectivity index is 1.74. The van der Waals surface area contributed by atoms with E-state index in [2.05, 4.69) is 4.98 Å². The SMILES string of the molecule is Nc1ccc(CC(=O)N2CC3CCCC3C2C(=O)O)nc1. The van der Waals surface area contributed by atoms with Crippen molar-refractivity contribution in [2.45, 2.75) is 31.7 Å². The molecule has 1 aliphatic heterocycles. The molecule has 2 heterocycles. The molecule has 112 valence electrons. The monoisotopic (exact) mass is 289 g/mol. The molecule has 3 N–H and O–H groups in total. The molecule has 1 aromatic rings. The van der Waals surface area contributed by atoms with Gasteiger partial charge >= 0.3 is 5.97 Å². The van der Waals surface area contributed by atoms with E-state index in [9.17, 15) is 14.7 Å². The fourth-order valence-corrected chi connectivity index (χ4v) is 3.68. The number of amides is 1. The van der Waals surface area contributed by atoms with E-state index in [1.165, 1.54) is 11.1 Å². The molecule has 1 aliphatic carbocycles. The molecule has 6 nitrogen and oxygen atoms in total. The maximum Gasteiger partial charge on any atom is 0.326 e. The summed E-state index contributed by atoms with van der Waals surface area (Å²) in [5.74, 6) is -0.586. The third-order valence-corrected chi connectivity index (χ3v) is 4.64. The summed E-state index contributed by atoms with van der Waals surface area (Å²) in [4.78, 5) is 29.6. The molecule has 3 atom stereocenters. The summed E-state index contributed by atoms with van der Waals surface area (Å²) >= 11 is 0. The molecule has 3 rings (SSSR count). The van der Waals surface area contributed by atoms with E-state index in [4.69, 9.17) is 5.73 Å². The van der Waals surface area contributed by atoms with Crippen molar-refractivity contribution in [2.75, 3.05) is 12.3 Å². The van der Waals surface area contributed by atoms with Crippen LogP contribution in [0.15, 0.2) is 18.3 Å². The van der Waals surface area contributed by atoms with Crippen molar-refractivity contribution in [2.24, 2.45) is 11.8 Å². The molecule has 1 amide bonds. The maximum absolute atomic E-state index is 12.4. The summed E-state index contributed by atoms with van der Waals surface area (Å²) in [5, 5.41) is 9.46. The summed E-state index contributed by atoms with van der Waals surface area (Å²) < 4.78 is 0. The fourth-order valence-electron chi connectivity index (χ4n) is 3.68. The van der Waals surface area contributed by atoms with Crippen LogP contribution in [0.4, 0.5) is 5.69 Å². The van der Waals surface area contributed by atoms with Crippen LogP contribution in [0.3, 0.4) is 0 Å². The van der Waals surface area contributed by atoms with E-state index in [-0.39, 0.29) is 18.2 Å². The number of nitrogen functional groups attached to an aromatic ring is 1. The number of nitrogens with zero attached hydrogens (tertiary/aromatic N) is 2. The number of aromatic nitrogens is 1. The summed E-state index contributed by atoms with van der Waals surface area (Å²) in [5.41, 5.74) is 6.74. The molecule has 3 unspecified atom stereocenters. The molecular weight excluding hydrogens is 270 g/mol. The maximum atomic E-state index is 12.4. The van der Waals surface area contributed by atoms with Crippen LogP contribution in [0.1, 0.15) is 25.0 Å². The van der Waals surface area contributed by atoms with Crippen molar-refractivity contribution < 1.29 is 14.7 Å². The number of hydrogen-bond acceptors (Lipinski definition) is 4. The first-order chi connectivity index (χ1) is 10.1. The minimum atomic E-state index is -0.886. The highest BCUT2D eigenvalue weighted by Crippen LogP contribution is 2.42. The van der Waals surface area contributed by atoms with E-state index >= 15 is 0 Å². The zero-order valence-corrected chi connectivity index (χ0v) is 11.7. The van der Waals surface area contributed by atoms with Crippen LogP contribution in [0.25, 0.3) is 0 Å². The average molecular weight is 289 g/mol. The van der Waals surface area contributed by atoms with Gasteiger partial charge in [0.25, 0.3) is 0 Å². The smallest absolute Gasteiger partial charge is 0.326 e. The second-order valence-electron chi connectivity index (χ2n) is 5.94. The minimum Gasteiger partial charge on any atom is -0.480 e. The Kier molecular flexibility index (Phi) is 3.53. The lowest BCUT2D eigenvalue weighted by Crippen LogP contribution is -2.44. The van der Waals surface area contributed by atoms with Crippen molar-refractivity contribution in [3.63, 3.8) is 0 Å².